The summed E-state index contributed by atoms with van der Waals surface area (Å²) in [5.41, 5.74) is 3.31. The first-order valence-corrected chi connectivity index (χ1v) is 33.0. The quantitative estimate of drug-likeness (QED) is 0.0594. The molecule has 11 bridgehead atoms. The number of carboxylic acids is 1. The van der Waals surface area contributed by atoms with Gasteiger partial charge in [0.05, 0.1) is 29.1 Å². The zero-order valence-corrected chi connectivity index (χ0v) is 55.9. The van der Waals surface area contributed by atoms with Crippen LogP contribution in [-0.2, 0) is 43.1 Å². The van der Waals surface area contributed by atoms with Crippen molar-refractivity contribution in [3.05, 3.63) is 117 Å². The fourth-order valence-corrected chi connectivity index (χ4v) is 12.3. The standard InChI is InChI=1S/C67H77Cl2N9O23/c1-4-5-6-7-8-9-16-71-67(97)73-46(83)25-38-60(90)74-49-31-21-43(98-41-14-11-29(19-35(41)68)53(84)51(63(93)72-38)77-59(89)37(70)17-27(2)3)58(101-66-57(88)56(87)55(86)45(26-79)100-66)44(22-31)99-42-15-12-30(20-36(42)69)54(85)52-64(94)76-50(65(95)96)34-23-32(80)24-40(82)47(34)33-18-28(10-13-39(33)81)48(61(91)78-52)75-62(49)92/h10-15,18-24,27,37-38,45,48-57,66,79-82,84-88H,4-9,16-17,25-26,70H2,1-3H3,(H,72,93)(H,74,90)(H,75,92)(H,76,94)(H,77,89)(H,78,91)(H,95,96)(H2,71,73,83,97)/t37-,38?,45-,48-,49?,50-,51?,52+,53-,54-,55-,56+,57-,66-/m1/s1. The van der Waals surface area contributed by atoms with E-state index < -0.39 is 219 Å². The highest BCUT2D eigenvalue weighted by molar-refractivity contribution is 6.32. The summed E-state index contributed by atoms with van der Waals surface area (Å²) in [7, 11) is 0. The van der Waals surface area contributed by atoms with Crippen LogP contribution in [0.2, 0.25) is 10.0 Å². The van der Waals surface area contributed by atoms with Crippen LogP contribution in [0.1, 0.15) is 130 Å². The first-order chi connectivity index (χ1) is 48.0. The summed E-state index contributed by atoms with van der Waals surface area (Å²) >= 11 is 13.9. The van der Waals surface area contributed by atoms with E-state index in [9.17, 15) is 79.8 Å². The smallest absolute Gasteiger partial charge is 0.330 e. The van der Waals surface area contributed by atoms with Gasteiger partial charge in [-0.2, -0.15) is 0 Å². The SMILES string of the molecule is CCCCCCCCNC(=O)NC(=O)CC1NC(=O)C(NC(=O)[C@H](N)CC(C)C)[C@H](O)c2ccc(c(Cl)c2)Oc2cc3cc(c2O[C@H]2O[C@H](CO)[C@@H](O)[C@H](O)[C@H]2O)Oc2ccc(cc2Cl)[C@@H](O)[C@@H]2NC(=O)[C@H](NC(=O)C3NC1=O)c1ccc(O)c(c1)-c1c(O)cc(O)cc1[C@H](C(=O)O)NC2=O. The van der Waals surface area contributed by atoms with E-state index in [4.69, 9.17) is 47.9 Å². The number of aliphatic hydroxyl groups excluding tert-OH is 6. The van der Waals surface area contributed by atoms with Crippen LogP contribution in [0.5, 0.6) is 46.0 Å². The lowest BCUT2D eigenvalue weighted by atomic mass is 9.89. The third-order valence-corrected chi connectivity index (χ3v) is 17.7. The summed E-state index contributed by atoms with van der Waals surface area (Å²) in [5.74, 6) is -16.6. The van der Waals surface area contributed by atoms with E-state index in [2.05, 4.69) is 42.5 Å². The van der Waals surface area contributed by atoms with Crippen LogP contribution in [-0.4, -0.2) is 172 Å². The van der Waals surface area contributed by atoms with Crippen molar-refractivity contribution < 1.29 is 113 Å². The number of amides is 9. The maximum Gasteiger partial charge on any atom is 0.330 e. The predicted octanol–water partition coefficient (Wildman–Crippen LogP) is 2.31. The second-order valence-corrected chi connectivity index (χ2v) is 25.9. The summed E-state index contributed by atoms with van der Waals surface area (Å²) in [4.78, 5) is 131. The number of nitrogens with two attached hydrogens (primary N) is 1. The Balaban J connectivity index is 1.29. The number of hydrogen-bond donors (Lipinski definition) is 19. The molecule has 6 heterocycles. The number of benzene rings is 5. The summed E-state index contributed by atoms with van der Waals surface area (Å²) < 4.78 is 25.0. The number of aliphatic carboxylic acids is 1. The number of hydrogen-bond acceptors (Lipinski definition) is 23. The number of aliphatic hydroxyl groups is 6. The summed E-state index contributed by atoms with van der Waals surface area (Å²) in [6.45, 7) is 4.70. The minimum Gasteiger partial charge on any atom is -0.508 e. The van der Waals surface area contributed by atoms with Crippen LogP contribution in [0.15, 0.2) is 78.9 Å². The molecule has 0 radical (unpaired) electrons. The first kappa shape index (κ1) is 75.6. The van der Waals surface area contributed by atoms with Crippen LogP contribution < -0.4 is 62.5 Å². The summed E-state index contributed by atoms with van der Waals surface area (Å²) in [6, 6.07) is -2.59. The normalized spacial score (nSPS) is 24.7. The highest BCUT2D eigenvalue weighted by atomic mass is 35.5. The fraction of sp³-hybridized carbons (Fsp3) is 0.418. The second-order valence-electron chi connectivity index (χ2n) is 25.0. The minimum absolute atomic E-state index is 0.0580. The zero-order valence-electron chi connectivity index (χ0n) is 54.3. The summed E-state index contributed by atoms with van der Waals surface area (Å²) in [5, 5.41) is 131. The molecule has 0 aromatic heterocycles. The number of carbonyl (C=O) groups is 9. The van der Waals surface area contributed by atoms with Gasteiger partial charge >= 0.3 is 12.0 Å². The topological polar surface area (TPSA) is 515 Å². The molecule has 6 aliphatic heterocycles. The maximum absolute atomic E-state index is 16.0. The van der Waals surface area contributed by atoms with Crippen LogP contribution in [0, 0.1) is 5.92 Å². The van der Waals surface area contributed by atoms with Gasteiger partial charge in [0.25, 0.3) is 0 Å². The van der Waals surface area contributed by atoms with Crippen molar-refractivity contribution >= 4 is 76.6 Å². The third-order valence-electron chi connectivity index (χ3n) is 17.1. The number of unbranched alkanes of at least 4 members (excludes halogenated alkanes) is 5. The molecule has 9 amide bonds. The highest BCUT2D eigenvalue weighted by Gasteiger charge is 2.47. The van der Waals surface area contributed by atoms with Gasteiger partial charge in [-0.15, -0.1) is 0 Å². The van der Waals surface area contributed by atoms with E-state index >= 15 is 14.4 Å². The van der Waals surface area contributed by atoms with Gasteiger partial charge in [0, 0.05) is 29.3 Å². The number of rotatable bonds is 17. The molecule has 0 aliphatic carbocycles. The number of aromatic hydroxyl groups is 3. The van der Waals surface area contributed by atoms with E-state index in [0.717, 1.165) is 105 Å². The van der Waals surface area contributed by atoms with Crippen LogP contribution >= 0.6 is 23.2 Å². The van der Waals surface area contributed by atoms with Gasteiger partial charge in [-0.05, 0) is 95.6 Å². The molecule has 5 aromatic rings. The van der Waals surface area contributed by atoms with Gasteiger partial charge in [0.2, 0.25) is 53.4 Å². The van der Waals surface area contributed by atoms with Crippen molar-refractivity contribution in [2.75, 3.05) is 13.2 Å². The molecule has 542 valence electrons. The molecule has 0 saturated carbocycles. The molecule has 0 spiro atoms. The second kappa shape index (κ2) is 32.8. The number of carbonyl (C=O) groups excluding carboxylic acids is 8. The number of phenolic OH excluding ortho intramolecular Hbond substituents is 3. The Morgan fingerprint density at radius 3 is 1.87 bits per heavy atom. The van der Waals surface area contributed by atoms with Crippen molar-refractivity contribution in [2.45, 2.75) is 157 Å². The molecular weight excluding hydrogens is 1370 g/mol. The monoisotopic (exact) mass is 1450 g/mol. The van der Waals surface area contributed by atoms with Crippen LogP contribution in [0.3, 0.4) is 0 Å². The van der Waals surface area contributed by atoms with Crippen molar-refractivity contribution in [2.24, 2.45) is 11.7 Å². The predicted molar refractivity (Wildman–Crippen MR) is 354 cm³/mol. The Morgan fingerprint density at radius 2 is 1.25 bits per heavy atom. The minimum atomic E-state index is -2.39. The lowest BCUT2D eigenvalue weighted by Crippen LogP contribution is -2.60. The van der Waals surface area contributed by atoms with E-state index in [1.165, 1.54) is 6.07 Å². The molecule has 1 fully saturated rings. The molecule has 1 saturated heterocycles. The molecule has 6 aliphatic rings. The number of imide groups is 1. The van der Waals surface area contributed by atoms with Crippen molar-refractivity contribution in [3.63, 3.8) is 0 Å². The van der Waals surface area contributed by atoms with Gasteiger partial charge in [-0.1, -0.05) is 94.3 Å². The number of halogens is 2. The molecule has 11 rings (SSSR count). The number of fused-ring (bicyclic) bond motifs is 15. The van der Waals surface area contributed by atoms with E-state index in [0.29, 0.717) is 6.42 Å². The Bertz CT molecular complexity index is 4000. The number of phenols is 3. The molecule has 32 nitrogen and oxygen atoms in total. The van der Waals surface area contributed by atoms with Crippen molar-refractivity contribution in [3.8, 4) is 57.1 Å². The Labute approximate surface area is 585 Å². The number of carboxylic acid groups (broad SMARTS) is 1. The Morgan fingerprint density at radius 1 is 0.644 bits per heavy atom. The molecule has 20 N–H and O–H groups in total. The average molecular weight is 1450 g/mol. The van der Waals surface area contributed by atoms with Gasteiger partial charge in [-0.25, -0.2) is 9.59 Å². The van der Waals surface area contributed by atoms with Gasteiger partial charge < -0.3 is 113 Å². The lowest BCUT2D eigenvalue weighted by molar-refractivity contribution is -0.277. The molecule has 14 atom stereocenters. The van der Waals surface area contributed by atoms with Crippen molar-refractivity contribution in [1.29, 1.82) is 0 Å². The highest BCUT2D eigenvalue weighted by Crippen LogP contribution is 2.49. The van der Waals surface area contributed by atoms with Gasteiger partial charge in [0.15, 0.2) is 17.5 Å². The molecule has 34 heteroatoms. The Hall–Kier alpha value is -9.61. The molecule has 5 aromatic carbocycles. The van der Waals surface area contributed by atoms with E-state index in [1.54, 1.807) is 13.8 Å². The van der Waals surface area contributed by atoms with Crippen LogP contribution in [0.25, 0.3) is 11.1 Å². The van der Waals surface area contributed by atoms with Gasteiger partial charge in [-0.3, -0.25) is 38.9 Å². The van der Waals surface area contributed by atoms with E-state index in [-0.39, 0.29) is 46.3 Å². The average Bonchev–Trinajstić information content (AvgIpc) is 0.770. The Kier molecular flexibility index (Phi) is 24.5. The number of ether oxygens (including phenoxy) is 4. The number of urea groups is 1. The molecule has 101 heavy (non-hydrogen) atoms. The van der Waals surface area contributed by atoms with Crippen LogP contribution in [0.4, 0.5) is 4.79 Å². The number of nitrogens with one attached hydrogen (secondary N) is 8. The molecule has 3 unspecified atom stereocenters. The lowest BCUT2D eigenvalue weighted by Gasteiger charge is -2.39. The third kappa shape index (κ3) is 17.6. The maximum atomic E-state index is 16.0. The first-order valence-electron chi connectivity index (χ1n) is 32.2. The zero-order chi connectivity index (χ0) is 73.4. The fourth-order valence-electron chi connectivity index (χ4n) is 11.8. The van der Waals surface area contributed by atoms with Crippen molar-refractivity contribution in [1.82, 2.24) is 42.5 Å². The van der Waals surface area contributed by atoms with Gasteiger partial charge in [0.1, 0.15) is 95.6 Å². The largest absolute Gasteiger partial charge is 0.508 e. The summed E-state index contributed by atoms with van der Waals surface area (Å²) in [6.07, 6.45) is -10.3. The molecular formula is C67H77Cl2N9O23. The van der Waals surface area contributed by atoms with E-state index in [1.807, 2.05) is 6.92 Å².